The second kappa shape index (κ2) is 3.58. The maximum absolute atomic E-state index is 13.3. The van der Waals surface area contributed by atoms with Gasteiger partial charge in [0.1, 0.15) is 5.82 Å². The zero-order chi connectivity index (χ0) is 12.0. The smallest absolute Gasteiger partial charge is 0.311 e. The van der Waals surface area contributed by atoms with Gasteiger partial charge in [-0.05, 0) is 43.0 Å². The highest BCUT2D eigenvalue weighted by atomic mass is 19.1. The molecule has 0 saturated heterocycles. The van der Waals surface area contributed by atoms with E-state index in [9.17, 15) is 14.3 Å². The summed E-state index contributed by atoms with van der Waals surface area (Å²) in [7, 11) is 0. The molecule has 88 valence electrons. The number of hydrogen-bond donors (Lipinski definition) is 2. The van der Waals surface area contributed by atoms with E-state index in [0.717, 1.165) is 29.6 Å². The fourth-order valence-corrected chi connectivity index (χ4v) is 2.71. The van der Waals surface area contributed by atoms with Crippen molar-refractivity contribution in [2.75, 3.05) is 0 Å². The Morgan fingerprint density at radius 1 is 1.47 bits per heavy atom. The zero-order valence-corrected chi connectivity index (χ0v) is 9.16. The number of aromatic nitrogens is 1. The van der Waals surface area contributed by atoms with Gasteiger partial charge in [-0.3, -0.25) is 4.79 Å². The number of halogens is 1. The molecule has 0 fully saturated rings. The van der Waals surface area contributed by atoms with Crippen LogP contribution in [0.4, 0.5) is 4.39 Å². The summed E-state index contributed by atoms with van der Waals surface area (Å²) < 4.78 is 13.3. The van der Waals surface area contributed by atoms with Gasteiger partial charge >= 0.3 is 5.97 Å². The monoisotopic (exact) mass is 233 g/mol. The van der Waals surface area contributed by atoms with E-state index in [4.69, 9.17) is 0 Å². The maximum atomic E-state index is 13.3. The van der Waals surface area contributed by atoms with Crippen molar-refractivity contribution >= 4 is 16.9 Å². The summed E-state index contributed by atoms with van der Waals surface area (Å²) in [5, 5.41) is 9.94. The summed E-state index contributed by atoms with van der Waals surface area (Å²) in [5.74, 6) is -1.65. The van der Waals surface area contributed by atoms with Crippen LogP contribution in [0.15, 0.2) is 18.2 Å². The van der Waals surface area contributed by atoms with Crippen molar-refractivity contribution in [3.8, 4) is 0 Å². The molecule has 1 atom stereocenters. The first-order valence-electron chi connectivity index (χ1n) is 5.69. The molecule has 3 nitrogen and oxygen atoms in total. The van der Waals surface area contributed by atoms with E-state index >= 15 is 0 Å². The molecule has 1 heterocycles. The molecule has 0 spiro atoms. The molecule has 1 unspecified atom stereocenters. The van der Waals surface area contributed by atoms with Gasteiger partial charge in [-0.2, -0.15) is 0 Å². The number of H-pyrrole nitrogens is 1. The van der Waals surface area contributed by atoms with Crippen LogP contribution in [0, 0.1) is 5.82 Å². The van der Waals surface area contributed by atoms with E-state index in [-0.39, 0.29) is 5.82 Å². The molecule has 4 heteroatoms. The molecule has 1 aliphatic carbocycles. The SMILES string of the molecule is O=C(O)C1CCCc2[nH]c3ccc(F)cc3c21. The third-order valence-corrected chi connectivity index (χ3v) is 3.45. The topological polar surface area (TPSA) is 53.1 Å². The number of carboxylic acid groups (broad SMARTS) is 1. The molecule has 0 saturated carbocycles. The summed E-state index contributed by atoms with van der Waals surface area (Å²) in [4.78, 5) is 14.4. The molecule has 3 rings (SSSR count). The van der Waals surface area contributed by atoms with Crippen molar-refractivity contribution in [3.63, 3.8) is 0 Å². The van der Waals surface area contributed by atoms with Gasteiger partial charge in [-0.15, -0.1) is 0 Å². The lowest BCUT2D eigenvalue weighted by Gasteiger charge is -2.19. The predicted octanol–water partition coefficient (Wildman–Crippen LogP) is 2.81. The molecule has 0 radical (unpaired) electrons. The Balaban J connectivity index is 2.29. The number of aliphatic carboxylic acids is 1. The Hall–Kier alpha value is -1.84. The van der Waals surface area contributed by atoms with Crippen LogP contribution in [-0.4, -0.2) is 16.1 Å². The normalized spacial score (nSPS) is 19.2. The summed E-state index contributed by atoms with van der Waals surface area (Å²) in [6.07, 6.45) is 2.33. The molecule has 1 aromatic carbocycles. The standard InChI is InChI=1S/C13H12FNO2/c14-7-4-5-10-9(6-7)12-8(13(16)17)2-1-3-11(12)15-10/h4-6,8,15H,1-3H2,(H,16,17). The summed E-state index contributed by atoms with van der Waals surface area (Å²) >= 11 is 0. The third kappa shape index (κ3) is 1.52. The maximum Gasteiger partial charge on any atom is 0.311 e. The van der Waals surface area contributed by atoms with Gasteiger partial charge in [0.15, 0.2) is 0 Å². The minimum atomic E-state index is -0.823. The molecule has 17 heavy (non-hydrogen) atoms. The summed E-state index contributed by atoms with van der Waals surface area (Å²) in [6, 6.07) is 4.48. The van der Waals surface area contributed by atoms with Gasteiger partial charge in [0, 0.05) is 16.6 Å². The van der Waals surface area contributed by atoms with E-state index < -0.39 is 11.9 Å². The number of carboxylic acids is 1. The van der Waals surface area contributed by atoms with Crippen molar-refractivity contribution in [2.45, 2.75) is 25.2 Å². The van der Waals surface area contributed by atoms with E-state index in [1.165, 1.54) is 12.1 Å². The van der Waals surface area contributed by atoms with Crippen LogP contribution in [0.2, 0.25) is 0 Å². The van der Waals surface area contributed by atoms with Crippen LogP contribution in [0.25, 0.3) is 10.9 Å². The second-order valence-corrected chi connectivity index (χ2v) is 4.49. The first-order chi connectivity index (χ1) is 8.16. The molecule has 0 bridgehead atoms. The van der Waals surface area contributed by atoms with Crippen LogP contribution in [0.5, 0.6) is 0 Å². The Morgan fingerprint density at radius 2 is 2.29 bits per heavy atom. The number of rotatable bonds is 1. The van der Waals surface area contributed by atoms with Gasteiger partial charge in [0.25, 0.3) is 0 Å². The number of nitrogens with one attached hydrogen (secondary N) is 1. The number of benzene rings is 1. The van der Waals surface area contributed by atoms with Crippen molar-refractivity contribution in [1.29, 1.82) is 0 Å². The molecule has 2 N–H and O–H groups in total. The lowest BCUT2D eigenvalue weighted by molar-refractivity contribution is -0.139. The number of aryl methyl sites for hydroxylation is 1. The van der Waals surface area contributed by atoms with Gasteiger partial charge in [0.05, 0.1) is 5.92 Å². The number of carbonyl (C=O) groups is 1. The van der Waals surface area contributed by atoms with E-state index in [0.29, 0.717) is 11.8 Å². The van der Waals surface area contributed by atoms with Gasteiger partial charge in [-0.1, -0.05) is 0 Å². The predicted molar refractivity (Wildman–Crippen MR) is 61.6 cm³/mol. The van der Waals surface area contributed by atoms with Crippen molar-refractivity contribution in [1.82, 2.24) is 4.98 Å². The molecule has 2 aromatic rings. The highest BCUT2D eigenvalue weighted by Gasteiger charge is 2.29. The molecular weight excluding hydrogens is 221 g/mol. The number of hydrogen-bond acceptors (Lipinski definition) is 1. The lowest BCUT2D eigenvalue weighted by Crippen LogP contribution is -2.17. The van der Waals surface area contributed by atoms with Crippen LogP contribution in [0.3, 0.4) is 0 Å². The fraction of sp³-hybridized carbons (Fsp3) is 0.308. The lowest BCUT2D eigenvalue weighted by atomic mass is 9.85. The Labute approximate surface area is 97.3 Å². The fourth-order valence-electron chi connectivity index (χ4n) is 2.71. The Morgan fingerprint density at radius 3 is 3.06 bits per heavy atom. The Kier molecular flexibility index (Phi) is 2.18. The first kappa shape index (κ1) is 10.3. The molecule has 1 aliphatic rings. The van der Waals surface area contributed by atoms with Crippen LogP contribution >= 0.6 is 0 Å². The largest absolute Gasteiger partial charge is 0.481 e. The molecule has 1 aromatic heterocycles. The first-order valence-corrected chi connectivity index (χ1v) is 5.69. The van der Waals surface area contributed by atoms with Crippen molar-refractivity contribution < 1.29 is 14.3 Å². The van der Waals surface area contributed by atoms with Crippen LogP contribution in [-0.2, 0) is 11.2 Å². The highest BCUT2D eigenvalue weighted by Crippen LogP contribution is 2.37. The summed E-state index contributed by atoms with van der Waals surface area (Å²) in [6.45, 7) is 0. The van der Waals surface area contributed by atoms with E-state index in [1.54, 1.807) is 6.07 Å². The van der Waals surface area contributed by atoms with E-state index in [1.807, 2.05) is 0 Å². The van der Waals surface area contributed by atoms with E-state index in [2.05, 4.69) is 4.98 Å². The van der Waals surface area contributed by atoms with Gasteiger partial charge in [-0.25, -0.2) is 4.39 Å². The van der Waals surface area contributed by atoms with Crippen molar-refractivity contribution in [2.24, 2.45) is 0 Å². The zero-order valence-electron chi connectivity index (χ0n) is 9.16. The average molecular weight is 233 g/mol. The minimum Gasteiger partial charge on any atom is -0.481 e. The number of aromatic amines is 1. The highest BCUT2D eigenvalue weighted by molar-refractivity contribution is 5.91. The molecule has 0 aliphatic heterocycles. The third-order valence-electron chi connectivity index (χ3n) is 3.45. The quantitative estimate of drug-likeness (QED) is 0.795. The molecular formula is C13H12FNO2. The Bertz CT molecular complexity index is 603. The summed E-state index contributed by atoms with van der Waals surface area (Å²) in [5.41, 5.74) is 2.55. The molecule has 0 amide bonds. The number of fused-ring (bicyclic) bond motifs is 3. The minimum absolute atomic E-state index is 0.325. The van der Waals surface area contributed by atoms with Crippen LogP contribution in [0.1, 0.15) is 30.0 Å². The van der Waals surface area contributed by atoms with Gasteiger partial charge in [0.2, 0.25) is 0 Å². The second-order valence-electron chi connectivity index (χ2n) is 4.49. The average Bonchev–Trinajstić information content (AvgIpc) is 2.66. The van der Waals surface area contributed by atoms with Crippen LogP contribution < -0.4 is 0 Å². The van der Waals surface area contributed by atoms with Gasteiger partial charge < -0.3 is 10.1 Å². The van der Waals surface area contributed by atoms with Crippen molar-refractivity contribution in [3.05, 3.63) is 35.3 Å².